The zero-order chi connectivity index (χ0) is 45.8. The SMILES string of the molecule is C=C(c1c2ccccc2c(-n2c3cc4ccccc4cc3c3cc4ccccc4cc32)c2c1oc1ccccc12)C1CC1(/N=C(\CC)c1ccc(-c2ccccc2)cc1)c1cccc2ccccc12. The second-order valence-corrected chi connectivity index (χ2v) is 18.9. The molecule has 326 valence electrons. The van der Waals surface area contributed by atoms with Gasteiger partial charge in [-0.1, -0.05) is 202 Å². The van der Waals surface area contributed by atoms with Gasteiger partial charge < -0.3 is 8.98 Å². The lowest BCUT2D eigenvalue weighted by molar-refractivity contribution is 0.666. The molecule has 0 spiro atoms. The van der Waals surface area contributed by atoms with Crippen LogP contribution in [0.25, 0.3) is 109 Å². The number of fused-ring (bicyclic) bond motifs is 10. The molecule has 2 unspecified atom stereocenters. The molecule has 0 aliphatic heterocycles. The summed E-state index contributed by atoms with van der Waals surface area (Å²) in [7, 11) is 0. The fourth-order valence-corrected chi connectivity index (χ4v) is 11.8. The first kappa shape index (κ1) is 39.6. The van der Waals surface area contributed by atoms with Crippen LogP contribution >= 0.6 is 0 Å². The molecule has 0 amide bonds. The molecule has 0 N–H and O–H groups in total. The van der Waals surface area contributed by atoms with Crippen LogP contribution in [0.1, 0.15) is 36.5 Å². The van der Waals surface area contributed by atoms with Gasteiger partial charge in [0.1, 0.15) is 11.2 Å². The van der Waals surface area contributed by atoms with Crippen LogP contribution in [0, 0.1) is 5.92 Å². The molecule has 1 saturated carbocycles. The van der Waals surface area contributed by atoms with Gasteiger partial charge in [-0.3, -0.25) is 4.99 Å². The molecule has 2 aromatic heterocycles. The van der Waals surface area contributed by atoms with Gasteiger partial charge in [0.05, 0.1) is 27.6 Å². The number of rotatable bonds is 8. The number of benzene rings is 11. The van der Waals surface area contributed by atoms with Gasteiger partial charge in [0, 0.05) is 38.7 Å². The Morgan fingerprint density at radius 3 is 1.74 bits per heavy atom. The van der Waals surface area contributed by atoms with E-state index in [2.05, 4.69) is 230 Å². The van der Waals surface area contributed by atoms with Crippen LogP contribution in [0.4, 0.5) is 0 Å². The fraction of sp³-hybridized carbons (Fsp3) is 0.0758. The Hall–Kier alpha value is -8.53. The number of hydrogen-bond acceptors (Lipinski definition) is 2. The average Bonchev–Trinajstić information content (AvgIpc) is 3.90. The molecule has 0 bridgehead atoms. The second kappa shape index (κ2) is 15.2. The van der Waals surface area contributed by atoms with Crippen LogP contribution in [0.15, 0.2) is 234 Å². The normalized spacial score (nSPS) is 16.2. The van der Waals surface area contributed by atoms with Gasteiger partial charge in [-0.15, -0.1) is 0 Å². The van der Waals surface area contributed by atoms with Gasteiger partial charge in [-0.05, 0) is 109 Å². The monoisotopic (exact) mass is 882 g/mol. The topological polar surface area (TPSA) is 30.4 Å². The van der Waals surface area contributed by atoms with Crippen LogP contribution in [-0.2, 0) is 5.54 Å². The van der Waals surface area contributed by atoms with Crippen LogP contribution in [0.2, 0.25) is 0 Å². The molecule has 0 radical (unpaired) electrons. The highest BCUT2D eigenvalue weighted by molar-refractivity contribution is 6.25. The summed E-state index contributed by atoms with van der Waals surface area (Å²) < 4.78 is 9.78. The van der Waals surface area contributed by atoms with E-state index in [0.717, 1.165) is 84.7 Å². The van der Waals surface area contributed by atoms with E-state index in [1.165, 1.54) is 59.8 Å². The van der Waals surface area contributed by atoms with Gasteiger partial charge in [0.25, 0.3) is 0 Å². The molecule has 14 rings (SSSR count). The number of nitrogens with zero attached hydrogens (tertiary/aromatic N) is 2. The number of para-hydroxylation sites is 1. The van der Waals surface area contributed by atoms with Gasteiger partial charge in [0.15, 0.2) is 0 Å². The van der Waals surface area contributed by atoms with Gasteiger partial charge >= 0.3 is 0 Å². The molecule has 1 fully saturated rings. The van der Waals surface area contributed by atoms with E-state index in [-0.39, 0.29) is 5.92 Å². The average molecular weight is 883 g/mol. The molecule has 0 saturated heterocycles. The summed E-state index contributed by atoms with van der Waals surface area (Å²) in [5.41, 5.74) is 12.6. The van der Waals surface area contributed by atoms with E-state index in [0.29, 0.717) is 0 Å². The van der Waals surface area contributed by atoms with E-state index in [4.69, 9.17) is 16.0 Å². The summed E-state index contributed by atoms with van der Waals surface area (Å²) in [6.45, 7) is 7.37. The number of hydrogen-bond donors (Lipinski definition) is 0. The lowest BCUT2D eigenvalue weighted by Crippen LogP contribution is -2.14. The summed E-state index contributed by atoms with van der Waals surface area (Å²) in [5.74, 6) is 0.00471. The Labute approximate surface area is 399 Å². The molecule has 3 heteroatoms. The van der Waals surface area contributed by atoms with Crippen molar-refractivity contribution in [1.29, 1.82) is 0 Å². The summed E-state index contributed by atoms with van der Waals surface area (Å²) in [4.78, 5) is 5.96. The molecule has 11 aromatic carbocycles. The van der Waals surface area contributed by atoms with Crippen molar-refractivity contribution in [1.82, 2.24) is 4.57 Å². The van der Waals surface area contributed by atoms with Crippen molar-refractivity contribution in [2.24, 2.45) is 10.9 Å². The van der Waals surface area contributed by atoms with Gasteiger partial charge in [-0.25, -0.2) is 0 Å². The standard InChI is InChI=1S/C66H46N2O/c1-3-58(45-34-32-43(33-35-45)42-18-5-4-6-19-42)67-66(56-30-17-25-44-20-11-12-26-50(44)56)40-57(66)41(2)62-51-27-13-14-28-52(51)64(63-53-29-15-16-31-61(53)69-65(62)63)68-59-38-48-23-9-7-21-46(48)36-54(59)55-37-47-22-8-10-24-49(47)39-60(55)68/h4-39,57H,2-3,40H2,1H3/b67-58+. The minimum atomic E-state index is -0.547. The van der Waals surface area contributed by atoms with Crippen molar-refractivity contribution in [3.8, 4) is 16.8 Å². The Bertz CT molecular complexity index is 4190. The third-order valence-corrected chi connectivity index (χ3v) is 15.2. The van der Waals surface area contributed by atoms with Crippen molar-refractivity contribution in [3.05, 3.63) is 242 Å². The quantitative estimate of drug-likeness (QED) is 0.140. The fourth-order valence-electron chi connectivity index (χ4n) is 11.8. The lowest BCUT2D eigenvalue weighted by Gasteiger charge is -2.22. The van der Waals surface area contributed by atoms with Crippen molar-refractivity contribution in [3.63, 3.8) is 0 Å². The molecule has 69 heavy (non-hydrogen) atoms. The largest absolute Gasteiger partial charge is 0.455 e. The van der Waals surface area contributed by atoms with Crippen LogP contribution in [-0.4, -0.2) is 10.3 Å². The van der Waals surface area contributed by atoms with Crippen LogP contribution in [0.5, 0.6) is 0 Å². The van der Waals surface area contributed by atoms with E-state index in [1.54, 1.807) is 0 Å². The van der Waals surface area contributed by atoms with Crippen molar-refractivity contribution in [2.75, 3.05) is 0 Å². The van der Waals surface area contributed by atoms with Crippen molar-refractivity contribution >= 4 is 98.1 Å². The third kappa shape index (κ3) is 6.03. The van der Waals surface area contributed by atoms with Crippen LogP contribution in [0.3, 0.4) is 0 Å². The maximum atomic E-state index is 7.25. The smallest absolute Gasteiger partial charge is 0.145 e. The van der Waals surface area contributed by atoms with Gasteiger partial charge in [0.2, 0.25) is 0 Å². The summed E-state index contributed by atoms with van der Waals surface area (Å²) in [5, 5.41) is 14.2. The summed E-state index contributed by atoms with van der Waals surface area (Å²) in [6.07, 6.45) is 1.63. The maximum absolute atomic E-state index is 7.25. The first-order valence-corrected chi connectivity index (χ1v) is 24.2. The Morgan fingerprint density at radius 1 is 0.536 bits per heavy atom. The molecule has 2 heterocycles. The van der Waals surface area contributed by atoms with Gasteiger partial charge in [-0.2, -0.15) is 0 Å². The number of aliphatic imine (C=N–C) groups is 1. The minimum absolute atomic E-state index is 0.00471. The lowest BCUT2D eigenvalue weighted by atomic mass is 9.88. The Balaban J connectivity index is 1.02. The molecule has 1 aliphatic carbocycles. The van der Waals surface area contributed by atoms with E-state index in [1.807, 2.05) is 0 Å². The van der Waals surface area contributed by atoms with Crippen molar-refractivity contribution in [2.45, 2.75) is 25.3 Å². The molecule has 1 aliphatic rings. The Morgan fingerprint density at radius 2 is 1.07 bits per heavy atom. The summed E-state index contributed by atoms with van der Waals surface area (Å²) in [6, 6.07) is 79.5. The predicted octanol–water partition coefficient (Wildman–Crippen LogP) is 17.8. The van der Waals surface area contributed by atoms with E-state index >= 15 is 0 Å². The zero-order valence-corrected chi connectivity index (χ0v) is 38.3. The Kier molecular flexibility index (Phi) is 8.76. The highest BCUT2D eigenvalue weighted by atomic mass is 16.3. The highest BCUT2D eigenvalue weighted by Crippen LogP contribution is 2.64. The number of aromatic nitrogens is 1. The molecule has 2 atom stereocenters. The third-order valence-electron chi connectivity index (χ3n) is 15.2. The van der Waals surface area contributed by atoms with E-state index in [9.17, 15) is 0 Å². The van der Waals surface area contributed by atoms with E-state index < -0.39 is 5.54 Å². The highest BCUT2D eigenvalue weighted by Gasteiger charge is 2.58. The number of furan rings is 1. The van der Waals surface area contributed by atoms with Crippen molar-refractivity contribution < 1.29 is 4.42 Å². The van der Waals surface area contributed by atoms with Crippen LogP contribution < -0.4 is 0 Å². The molecular weight excluding hydrogens is 837 g/mol. The predicted molar refractivity (Wildman–Crippen MR) is 292 cm³/mol. The maximum Gasteiger partial charge on any atom is 0.145 e. The second-order valence-electron chi connectivity index (χ2n) is 18.9. The first-order valence-electron chi connectivity index (χ1n) is 24.2. The minimum Gasteiger partial charge on any atom is -0.455 e. The molecule has 13 aromatic rings. The summed E-state index contributed by atoms with van der Waals surface area (Å²) >= 11 is 0. The molecule has 3 nitrogen and oxygen atoms in total. The first-order chi connectivity index (χ1) is 34.1. The zero-order valence-electron chi connectivity index (χ0n) is 38.3. The molecular formula is C66H46N2O.